The van der Waals surface area contributed by atoms with E-state index < -0.39 is 0 Å². The van der Waals surface area contributed by atoms with Gasteiger partial charge >= 0.3 is 0 Å². The molecule has 7 heteroatoms. The Morgan fingerprint density at radius 3 is 2.52 bits per heavy atom. The number of nitrogens with one attached hydrogen (secondary N) is 1. The fraction of sp³-hybridized carbons (Fsp3) is 0.222. The molecule has 128 valence electrons. The van der Waals surface area contributed by atoms with Crippen LogP contribution in [0, 0.1) is 0 Å². The van der Waals surface area contributed by atoms with E-state index in [-0.39, 0.29) is 0 Å². The highest BCUT2D eigenvalue weighted by atomic mass is 35.5. The molecule has 4 rings (SSSR count). The Kier molecular flexibility index (Phi) is 4.61. The maximum Gasteiger partial charge on any atom is 0.227 e. The van der Waals surface area contributed by atoms with Gasteiger partial charge in [-0.05, 0) is 36.4 Å². The third-order valence-electron chi connectivity index (χ3n) is 4.06. The van der Waals surface area contributed by atoms with Crippen molar-refractivity contribution in [3.05, 3.63) is 52.6 Å². The number of halogens is 2. The van der Waals surface area contributed by atoms with E-state index >= 15 is 0 Å². The molecular weight excluding hydrogens is 359 g/mol. The monoisotopic (exact) mass is 374 g/mol. The summed E-state index contributed by atoms with van der Waals surface area (Å²) >= 11 is 12.1. The van der Waals surface area contributed by atoms with Crippen LogP contribution in [0.3, 0.4) is 0 Å². The van der Waals surface area contributed by atoms with Crippen LogP contribution in [0.2, 0.25) is 10.0 Å². The highest BCUT2D eigenvalue weighted by Gasteiger charge is 2.12. The van der Waals surface area contributed by atoms with E-state index in [0.29, 0.717) is 16.0 Å². The summed E-state index contributed by atoms with van der Waals surface area (Å²) in [4.78, 5) is 11.3. The van der Waals surface area contributed by atoms with Crippen molar-refractivity contribution in [1.29, 1.82) is 0 Å². The third-order valence-corrected chi connectivity index (χ3v) is 4.50. The van der Waals surface area contributed by atoms with Crippen molar-refractivity contribution in [3.8, 4) is 0 Å². The Morgan fingerprint density at radius 1 is 1.00 bits per heavy atom. The maximum absolute atomic E-state index is 6.04. The lowest BCUT2D eigenvalue weighted by atomic mass is 10.2. The van der Waals surface area contributed by atoms with E-state index in [9.17, 15) is 0 Å². The van der Waals surface area contributed by atoms with Crippen LogP contribution >= 0.6 is 23.2 Å². The van der Waals surface area contributed by atoms with Crippen molar-refractivity contribution >= 4 is 51.4 Å². The highest BCUT2D eigenvalue weighted by molar-refractivity contribution is 6.35. The average Bonchev–Trinajstić information content (AvgIpc) is 2.61. The van der Waals surface area contributed by atoms with Crippen LogP contribution in [0.25, 0.3) is 10.9 Å². The molecule has 1 aromatic heterocycles. The smallest absolute Gasteiger partial charge is 0.227 e. The fourth-order valence-electron chi connectivity index (χ4n) is 2.85. The second-order valence-electron chi connectivity index (χ2n) is 5.82. The van der Waals surface area contributed by atoms with E-state index in [1.807, 2.05) is 6.07 Å². The van der Waals surface area contributed by atoms with E-state index in [4.69, 9.17) is 27.9 Å². The van der Waals surface area contributed by atoms with Crippen molar-refractivity contribution in [2.45, 2.75) is 0 Å². The lowest BCUT2D eigenvalue weighted by Crippen LogP contribution is -2.36. The molecular formula is C18H16Cl2N4O. The zero-order valence-electron chi connectivity index (χ0n) is 13.4. The number of ether oxygens (including phenoxy) is 1. The van der Waals surface area contributed by atoms with Gasteiger partial charge in [0.2, 0.25) is 5.95 Å². The van der Waals surface area contributed by atoms with Crippen LogP contribution in [0.1, 0.15) is 0 Å². The molecule has 0 saturated carbocycles. The molecule has 3 aromatic rings. The number of fused-ring (bicyclic) bond motifs is 1. The van der Waals surface area contributed by atoms with Gasteiger partial charge in [0.15, 0.2) is 0 Å². The first kappa shape index (κ1) is 16.4. The van der Waals surface area contributed by atoms with Gasteiger partial charge in [0.05, 0.1) is 18.7 Å². The van der Waals surface area contributed by atoms with Crippen LogP contribution in [-0.4, -0.2) is 36.3 Å². The van der Waals surface area contributed by atoms with Crippen molar-refractivity contribution in [2.24, 2.45) is 0 Å². The Bertz CT molecular complexity index is 892. The van der Waals surface area contributed by atoms with Crippen molar-refractivity contribution in [2.75, 3.05) is 36.5 Å². The standard InChI is InChI=1S/C18H16Cl2N4O/c19-13-7-14(20)9-15(8-13)22-18-21-11-12-1-2-16(10-17(12)23-18)24-3-5-25-6-4-24/h1-2,7-11H,3-6H2,(H,21,22,23). The van der Waals surface area contributed by atoms with Crippen LogP contribution in [0.4, 0.5) is 17.3 Å². The summed E-state index contributed by atoms with van der Waals surface area (Å²) in [5.74, 6) is 0.505. The zero-order chi connectivity index (χ0) is 17.2. The van der Waals surface area contributed by atoms with Crippen LogP contribution in [0.15, 0.2) is 42.6 Å². The average molecular weight is 375 g/mol. The molecule has 2 aromatic carbocycles. The number of morpholine rings is 1. The molecule has 0 unspecified atom stereocenters. The zero-order valence-corrected chi connectivity index (χ0v) is 14.9. The van der Waals surface area contributed by atoms with E-state index in [0.717, 1.165) is 48.6 Å². The molecule has 1 fully saturated rings. The molecule has 0 atom stereocenters. The molecule has 5 nitrogen and oxygen atoms in total. The first-order valence-corrected chi connectivity index (χ1v) is 8.76. The molecule has 0 amide bonds. The summed E-state index contributed by atoms with van der Waals surface area (Å²) in [6.07, 6.45) is 1.81. The predicted molar refractivity (Wildman–Crippen MR) is 102 cm³/mol. The van der Waals surface area contributed by atoms with Crippen molar-refractivity contribution in [1.82, 2.24) is 9.97 Å². The summed E-state index contributed by atoms with van der Waals surface area (Å²) in [5.41, 5.74) is 2.78. The molecule has 1 N–H and O–H groups in total. The lowest BCUT2D eigenvalue weighted by Gasteiger charge is -2.28. The second-order valence-corrected chi connectivity index (χ2v) is 6.69. The van der Waals surface area contributed by atoms with Gasteiger partial charge in [-0.1, -0.05) is 23.2 Å². The lowest BCUT2D eigenvalue weighted by molar-refractivity contribution is 0.122. The first-order valence-electron chi connectivity index (χ1n) is 8.00. The Hall–Kier alpha value is -2.08. The number of benzene rings is 2. The minimum absolute atomic E-state index is 0.505. The number of rotatable bonds is 3. The number of anilines is 3. The summed E-state index contributed by atoms with van der Waals surface area (Å²) in [5, 5.41) is 5.27. The van der Waals surface area contributed by atoms with E-state index in [1.54, 1.807) is 24.4 Å². The van der Waals surface area contributed by atoms with Gasteiger partial charge in [-0.15, -0.1) is 0 Å². The van der Waals surface area contributed by atoms with Gasteiger partial charge in [0, 0.05) is 46.1 Å². The van der Waals surface area contributed by atoms with Gasteiger partial charge in [0.1, 0.15) is 0 Å². The van der Waals surface area contributed by atoms with Gasteiger partial charge < -0.3 is 15.0 Å². The number of nitrogens with zero attached hydrogens (tertiary/aromatic N) is 3. The molecule has 0 aliphatic carbocycles. The molecule has 1 aliphatic rings. The summed E-state index contributed by atoms with van der Waals surface area (Å²) in [6, 6.07) is 11.5. The van der Waals surface area contributed by atoms with Gasteiger partial charge in [-0.3, -0.25) is 0 Å². The maximum atomic E-state index is 6.04. The van der Waals surface area contributed by atoms with E-state index in [1.165, 1.54) is 0 Å². The summed E-state index contributed by atoms with van der Waals surface area (Å²) < 4.78 is 5.41. The van der Waals surface area contributed by atoms with Gasteiger partial charge in [0.25, 0.3) is 0 Å². The van der Waals surface area contributed by atoms with Crippen LogP contribution in [0.5, 0.6) is 0 Å². The minimum atomic E-state index is 0.505. The minimum Gasteiger partial charge on any atom is -0.378 e. The molecule has 0 spiro atoms. The first-order chi connectivity index (χ1) is 12.2. The molecule has 25 heavy (non-hydrogen) atoms. The normalized spacial score (nSPS) is 14.7. The summed E-state index contributed by atoms with van der Waals surface area (Å²) in [6.45, 7) is 3.29. The number of hydrogen-bond donors (Lipinski definition) is 1. The van der Waals surface area contributed by atoms with Crippen LogP contribution < -0.4 is 10.2 Å². The Labute approximate surface area is 155 Å². The molecule has 2 heterocycles. The SMILES string of the molecule is Clc1cc(Cl)cc(Nc2ncc3ccc(N4CCOCC4)cc3n2)c1. The third kappa shape index (κ3) is 3.79. The Morgan fingerprint density at radius 2 is 1.76 bits per heavy atom. The van der Waals surface area contributed by atoms with Crippen LogP contribution in [-0.2, 0) is 4.74 Å². The quantitative estimate of drug-likeness (QED) is 0.730. The van der Waals surface area contributed by atoms with Crippen molar-refractivity contribution in [3.63, 3.8) is 0 Å². The number of hydrogen-bond acceptors (Lipinski definition) is 5. The van der Waals surface area contributed by atoms with Gasteiger partial charge in [-0.2, -0.15) is 0 Å². The molecule has 0 bridgehead atoms. The summed E-state index contributed by atoms with van der Waals surface area (Å²) in [7, 11) is 0. The van der Waals surface area contributed by atoms with Crippen molar-refractivity contribution < 1.29 is 4.74 Å². The topological polar surface area (TPSA) is 50.3 Å². The van der Waals surface area contributed by atoms with Gasteiger partial charge in [-0.25, -0.2) is 9.97 Å². The van der Waals surface area contributed by atoms with E-state index in [2.05, 4.69) is 32.3 Å². The highest BCUT2D eigenvalue weighted by Crippen LogP contribution is 2.26. The molecule has 1 saturated heterocycles. The Balaban J connectivity index is 1.63. The fourth-order valence-corrected chi connectivity index (χ4v) is 3.37. The molecule has 0 radical (unpaired) electrons. The molecule has 1 aliphatic heterocycles. The predicted octanol–water partition coefficient (Wildman–Crippen LogP) is 4.52. The largest absolute Gasteiger partial charge is 0.378 e. The second kappa shape index (κ2) is 7.04. The number of aromatic nitrogens is 2.